The molecule has 0 aliphatic carbocycles. The van der Waals surface area contributed by atoms with Crippen molar-refractivity contribution < 1.29 is 28.3 Å². The topological polar surface area (TPSA) is 136 Å². The molecule has 1 aromatic carbocycles. The van der Waals surface area contributed by atoms with Crippen LogP contribution in [-0.2, 0) is 9.53 Å². The van der Waals surface area contributed by atoms with Gasteiger partial charge in [0, 0.05) is 30.0 Å². The average molecular weight is 557 g/mol. The van der Waals surface area contributed by atoms with Gasteiger partial charge in [0.05, 0.1) is 16.8 Å². The van der Waals surface area contributed by atoms with E-state index in [1.54, 1.807) is 34.6 Å². The summed E-state index contributed by atoms with van der Waals surface area (Å²) in [5.74, 6) is -1.58. The van der Waals surface area contributed by atoms with Crippen LogP contribution in [0.2, 0.25) is 0 Å². The lowest BCUT2D eigenvalue weighted by Gasteiger charge is -2.21. The Kier molecular flexibility index (Phi) is 9.36. The molecule has 11 nitrogen and oxygen atoms in total. The van der Waals surface area contributed by atoms with Gasteiger partial charge in [-0.1, -0.05) is 13.8 Å². The molecule has 0 saturated heterocycles. The molecule has 0 unspecified atom stereocenters. The van der Waals surface area contributed by atoms with Gasteiger partial charge >= 0.3 is 12.1 Å². The van der Waals surface area contributed by atoms with Crippen molar-refractivity contribution >= 4 is 41.3 Å². The molecule has 2 aromatic rings. The summed E-state index contributed by atoms with van der Waals surface area (Å²) in [6, 6.07) is 2.62. The minimum Gasteiger partial charge on any atom is -0.443 e. The number of likely N-dealkylation sites (N-methyl/N-ethyl adjacent to an activating group) is 1. The maximum absolute atomic E-state index is 14.2. The molecule has 3 rings (SSSR count). The number of aryl methyl sites for hydroxylation is 1. The smallest absolute Gasteiger partial charge is 0.426 e. The molecule has 1 aliphatic rings. The summed E-state index contributed by atoms with van der Waals surface area (Å²) >= 11 is 0. The van der Waals surface area contributed by atoms with Gasteiger partial charge in [0.1, 0.15) is 11.4 Å². The number of rotatable bonds is 7. The summed E-state index contributed by atoms with van der Waals surface area (Å²) in [7, 11) is 0. The van der Waals surface area contributed by atoms with Crippen LogP contribution in [0, 0.1) is 19.7 Å². The second-order valence-electron chi connectivity index (χ2n) is 10.4. The van der Waals surface area contributed by atoms with Gasteiger partial charge in [-0.25, -0.2) is 29.7 Å². The Hall–Kier alpha value is -4.19. The van der Waals surface area contributed by atoms with E-state index in [1.807, 2.05) is 0 Å². The van der Waals surface area contributed by atoms with Crippen molar-refractivity contribution in [1.29, 1.82) is 0 Å². The van der Waals surface area contributed by atoms with Crippen LogP contribution in [-0.4, -0.2) is 65.6 Å². The number of ether oxygens (including phenoxy) is 1. The number of urea groups is 1. The highest BCUT2D eigenvalue weighted by atomic mass is 19.1. The van der Waals surface area contributed by atoms with E-state index in [4.69, 9.17) is 4.74 Å². The zero-order chi connectivity index (χ0) is 29.8. The maximum atomic E-state index is 14.2. The molecule has 4 N–H and O–H groups in total. The Morgan fingerprint density at radius 3 is 2.42 bits per heavy atom. The fourth-order valence-corrected chi connectivity index (χ4v) is 4.43. The van der Waals surface area contributed by atoms with Crippen LogP contribution in [0.1, 0.15) is 67.5 Å². The van der Waals surface area contributed by atoms with E-state index >= 15 is 0 Å². The molecule has 5 amide bonds. The summed E-state index contributed by atoms with van der Waals surface area (Å²) in [6.45, 7) is 15.6. The van der Waals surface area contributed by atoms with Crippen LogP contribution < -0.4 is 21.1 Å². The molecule has 0 spiro atoms. The lowest BCUT2D eigenvalue weighted by Crippen LogP contribution is -2.51. The fourth-order valence-electron chi connectivity index (χ4n) is 4.43. The minimum atomic E-state index is -0.959. The van der Waals surface area contributed by atoms with Crippen molar-refractivity contribution in [2.75, 3.05) is 31.1 Å². The number of carbonyl (C=O) groups excluding carboxylic acids is 4. The van der Waals surface area contributed by atoms with Gasteiger partial charge in [-0.05, 0) is 77.5 Å². The monoisotopic (exact) mass is 556 g/mol. The van der Waals surface area contributed by atoms with Crippen molar-refractivity contribution in [3.05, 3.63) is 52.1 Å². The quantitative estimate of drug-likeness (QED) is 0.302. The highest BCUT2D eigenvalue weighted by molar-refractivity contribution is 6.42. The molecule has 12 heteroatoms. The van der Waals surface area contributed by atoms with E-state index in [-0.39, 0.29) is 22.7 Å². The number of fused-ring (bicyclic) bond motifs is 1. The summed E-state index contributed by atoms with van der Waals surface area (Å²) in [6.07, 6.45) is 0.576. The third-order valence-corrected chi connectivity index (χ3v) is 6.40. The molecule has 1 aliphatic heterocycles. The molecule has 1 aromatic heterocycles. The van der Waals surface area contributed by atoms with Gasteiger partial charge in [-0.15, -0.1) is 0 Å². The molecule has 0 saturated carbocycles. The number of hydrazine groups is 1. The second kappa shape index (κ2) is 12.3. The Morgan fingerprint density at radius 1 is 1.12 bits per heavy atom. The zero-order valence-corrected chi connectivity index (χ0v) is 24.0. The van der Waals surface area contributed by atoms with Crippen LogP contribution in [0.25, 0.3) is 11.6 Å². The van der Waals surface area contributed by atoms with Gasteiger partial charge in [0.15, 0.2) is 0 Å². The Balaban J connectivity index is 1.87. The normalized spacial score (nSPS) is 14.0. The predicted octanol–water partition coefficient (Wildman–Crippen LogP) is 3.88. The summed E-state index contributed by atoms with van der Waals surface area (Å²) in [5, 5.41) is 2.93. The third kappa shape index (κ3) is 6.87. The number of benzene rings is 1. The molecule has 0 radical (unpaired) electrons. The van der Waals surface area contributed by atoms with Crippen LogP contribution in [0.4, 0.5) is 19.7 Å². The number of imide groups is 1. The number of aromatic amines is 1. The highest BCUT2D eigenvalue weighted by Crippen LogP contribution is 2.38. The van der Waals surface area contributed by atoms with Crippen LogP contribution in [0.5, 0.6) is 0 Å². The molecule has 216 valence electrons. The first kappa shape index (κ1) is 30.4. The first-order valence-corrected chi connectivity index (χ1v) is 13.1. The molecule has 0 atom stereocenters. The fraction of sp³-hybridized carbons (Fsp3) is 0.429. The molecular weight excluding hydrogens is 519 g/mol. The van der Waals surface area contributed by atoms with Crippen molar-refractivity contribution in [3.63, 3.8) is 0 Å². The summed E-state index contributed by atoms with van der Waals surface area (Å²) < 4.78 is 19.3. The standard InChI is InChI=1S/C28H37FN6O5/c1-8-34(9-2)13-12-30-24(36)23-16(3)21(31-17(23)4)15-20-19-14-18(29)10-11-22(19)35(25(20)37)26(38)32-33-27(39)40-28(5,6)7/h10-11,14-15,31H,8-9,12-13H2,1-7H3,(H,30,36)(H,32,38)(H,33,39)/b20-15-. The first-order chi connectivity index (χ1) is 18.8. The molecular formula is C28H37FN6O5. The maximum Gasteiger partial charge on any atom is 0.426 e. The lowest BCUT2D eigenvalue weighted by atomic mass is 10.0. The van der Waals surface area contributed by atoms with E-state index in [1.165, 1.54) is 12.1 Å². The molecule has 0 fully saturated rings. The van der Waals surface area contributed by atoms with Crippen molar-refractivity contribution in [2.45, 2.75) is 54.1 Å². The number of aromatic nitrogens is 1. The van der Waals surface area contributed by atoms with Crippen LogP contribution in [0.15, 0.2) is 18.2 Å². The number of amides is 5. The SMILES string of the molecule is CCN(CC)CCNC(=O)c1c(C)[nH]c(/C=C2\C(=O)N(C(=O)NNC(=O)OC(C)(C)C)c3ccc(F)cc32)c1C. The van der Waals surface area contributed by atoms with E-state index in [0.717, 1.165) is 36.7 Å². The third-order valence-electron chi connectivity index (χ3n) is 6.40. The predicted molar refractivity (Wildman–Crippen MR) is 150 cm³/mol. The number of H-pyrrole nitrogens is 1. The Morgan fingerprint density at radius 2 is 1.80 bits per heavy atom. The number of hydrogen-bond donors (Lipinski definition) is 4. The molecule has 0 bridgehead atoms. The number of nitrogens with zero attached hydrogens (tertiary/aromatic N) is 2. The lowest BCUT2D eigenvalue weighted by molar-refractivity contribution is -0.112. The summed E-state index contributed by atoms with van der Waals surface area (Å²) in [5.41, 5.74) is 5.95. The molecule has 2 heterocycles. The number of nitrogens with one attached hydrogen (secondary N) is 4. The average Bonchev–Trinajstić information content (AvgIpc) is 3.30. The molecule has 40 heavy (non-hydrogen) atoms. The van der Waals surface area contributed by atoms with Crippen molar-refractivity contribution in [3.8, 4) is 0 Å². The highest BCUT2D eigenvalue weighted by Gasteiger charge is 2.38. The van der Waals surface area contributed by atoms with Crippen molar-refractivity contribution in [1.82, 2.24) is 26.1 Å². The summed E-state index contributed by atoms with van der Waals surface area (Å²) in [4.78, 5) is 57.4. The van der Waals surface area contributed by atoms with Crippen LogP contribution >= 0.6 is 0 Å². The number of carbonyl (C=O) groups is 4. The van der Waals surface area contributed by atoms with E-state index in [0.29, 0.717) is 29.1 Å². The van der Waals surface area contributed by atoms with Gasteiger partial charge in [-0.3, -0.25) is 9.59 Å². The van der Waals surface area contributed by atoms with E-state index in [9.17, 15) is 23.6 Å². The first-order valence-electron chi connectivity index (χ1n) is 13.1. The van der Waals surface area contributed by atoms with E-state index in [2.05, 4.69) is 39.9 Å². The zero-order valence-electron chi connectivity index (χ0n) is 24.0. The van der Waals surface area contributed by atoms with Gasteiger partial charge in [0.2, 0.25) is 0 Å². The van der Waals surface area contributed by atoms with Gasteiger partial charge in [-0.2, -0.15) is 0 Å². The number of anilines is 1. The largest absolute Gasteiger partial charge is 0.443 e. The number of hydrogen-bond acceptors (Lipinski definition) is 6. The minimum absolute atomic E-state index is 0.0414. The van der Waals surface area contributed by atoms with Crippen LogP contribution in [0.3, 0.4) is 0 Å². The number of halogens is 1. The van der Waals surface area contributed by atoms with Gasteiger partial charge < -0.3 is 19.9 Å². The Bertz CT molecular complexity index is 1340. The van der Waals surface area contributed by atoms with Crippen molar-refractivity contribution in [2.24, 2.45) is 0 Å². The Labute approximate surface area is 233 Å². The van der Waals surface area contributed by atoms with Gasteiger partial charge in [0.25, 0.3) is 11.8 Å². The second-order valence-corrected chi connectivity index (χ2v) is 10.4. The van der Waals surface area contributed by atoms with E-state index < -0.39 is 29.4 Å².